The molecule has 0 aromatic heterocycles. The highest BCUT2D eigenvalue weighted by Gasteiger charge is 2.28. The zero-order valence-electron chi connectivity index (χ0n) is 16.9. The van der Waals surface area contributed by atoms with Crippen molar-refractivity contribution in [2.24, 2.45) is 0 Å². The second kappa shape index (κ2) is 6.77. The fraction of sp³-hybridized carbons (Fsp3) is 0.250. The van der Waals surface area contributed by atoms with Gasteiger partial charge in [0.2, 0.25) is 0 Å². The smallest absolute Gasteiger partial charge is 0.147 e. The molecule has 0 fully saturated rings. The molecule has 3 rings (SSSR count). The molecule has 0 spiro atoms. The molecule has 26 heavy (non-hydrogen) atoms. The second-order valence-electron chi connectivity index (χ2n) is 8.32. The van der Waals surface area contributed by atoms with Crippen molar-refractivity contribution in [3.8, 4) is 11.1 Å². The van der Waals surface area contributed by atoms with E-state index in [1.165, 1.54) is 44.6 Å². The first-order chi connectivity index (χ1) is 12.2. The van der Waals surface area contributed by atoms with Gasteiger partial charge in [0.1, 0.15) is 12.2 Å². The average Bonchev–Trinajstić information content (AvgIpc) is 2.57. The van der Waals surface area contributed by atoms with E-state index in [4.69, 9.17) is 0 Å². The van der Waals surface area contributed by atoms with E-state index in [1.807, 2.05) is 0 Å². The first kappa shape index (κ1) is 18.5. The summed E-state index contributed by atoms with van der Waals surface area (Å²) < 4.78 is 2.06. The number of aryl methyl sites for hydroxylation is 2. The van der Waals surface area contributed by atoms with Crippen LogP contribution >= 0.6 is 0 Å². The van der Waals surface area contributed by atoms with Crippen molar-refractivity contribution in [2.45, 2.75) is 40.4 Å². The Morgan fingerprint density at radius 1 is 0.923 bits per heavy atom. The minimum absolute atomic E-state index is 1.18. The predicted octanol–water partition coefficient (Wildman–Crippen LogP) is 6.28. The van der Waals surface area contributed by atoms with Crippen LogP contribution in [-0.4, -0.2) is 19.4 Å². The first-order valence-electron chi connectivity index (χ1n) is 9.23. The molecule has 1 heterocycles. The SMILES string of the molecule is C=[N+]1C=C([Si](C)(C)C)C(C)=C[C-]1c1cc(-c2ccccc2)c(C)cc1C. The van der Waals surface area contributed by atoms with Gasteiger partial charge in [0, 0.05) is 0 Å². The summed E-state index contributed by atoms with van der Waals surface area (Å²) in [6.45, 7) is 18.1. The molecule has 0 aliphatic carbocycles. The molecule has 2 aromatic carbocycles. The highest BCUT2D eigenvalue weighted by molar-refractivity contribution is 6.84. The Balaban J connectivity index is 2.09. The molecule has 0 saturated heterocycles. The molecule has 0 radical (unpaired) electrons. The van der Waals surface area contributed by atoms with Gasteiger partial charge in [0.15, 0.2) is 0 Å². The number of hydrogen-bond donors (Lipinski definition) is 0. The van der Waals surface area contributed by atoms with E-state index in [9.17, 15) is 0 Å². The largest absolute Gasteiger partial charge is 0.255 e. The predicted molar refractivity (Wildman–Crippen MR) is 116 cm³/mol. The molecule has 0 atom stereocenters. The average molecular weight is 360 g/mol. The maximum Gasteiger partial charge on any atom is 0.147 e. The number of benzene rings is 2. The summed E-state index contributed by atoms with van der Waals surface area (Å²) in [6.07, 6.45) is 4.56. The molecule has 0 bridgehead atoms. The van der Waals surface area contributed by atoms with Crippen LogP contribution in [0.1, 0.15) is 23.6 Å². The van der Waals surface area contributed by atoms with Gasteiger partial charge in [-0.15, -0.1) is 0 Å². The lowest BCUT2D eigenvalue weighted by Crippen LogP contribution is -2.30. The minimum Gasteiger partial charge on any atom is -0.255 e. The van der Waals surface area contributed by atoms with Gasteiger partial charge in [-0.05, 0) is 34.9 Å². The van der Waals surface area contributed by atoms with Gasteiger partial charge in [-0.2, -0.15) is 0 Å². The van der Waals surface area contributed by atoms with E-state index in [0.717, 1.165) is 0 Å². The maximum absolute atomic E-state index is 4.32. The Morgan fingerprint density at radius 2 is 1.58 bits per heavy atom. The van der Waals surface area contributed by atoms with Crippen LogP contribution in [-0.2, 0) is 0 Å². The van der Waals surface area contributed by atoms with Crippen LogP contribution in [0.25, 0.3) is 11.1 Å². The Bertz CT molecular complexity index is 911. The van der Waals surface area contributed by atoms with Crippen molar-refractivity contribution < 1.29 is 4.58 Å². The molecular weight excluding hydrogens is 330 g/mol. The lowest BCUT2D eigenvalue weighted by Gasteiger charge is -2.30. The molecule has 0 amide bonds. The van der Waals surface area contributed by atoms with Crippen LogP contribution in [0, 0.1) is 19.9 Å². The lowest BCUT2D eigenvalue weighted by atomic mass is 9.90. The van der Waals surface area contributed by atoms with Gasteiger partial charge < -0.3 is 0 Å². The van der Waals surface area contributed by atoms with Crippen molar-refractivity contribution in [1.82, 2.24) is 0 Å². The molecule has 1 aliphatic heterocycles. The first-order valence-corrected chi connectivity index (χ1v) is 12.7. The Kier molecular flexibility index (Phi) is 4.81. The van der Waals surface area contributed by atoms with Gasteiger partial charge in [-0.1, -0.05) is 92.7 Å². The van der Waals surface area contributed by atoms with Crippen LogP contribution in [0.3, 0.4) is 0 Å². The van der Waals surface area contributed by atoms with Gasteiger partial charge in [0.05, 0.1) is 14.8 Å². The Labute approximate surface area is 159 Å². The summed E-state index contributed by atoms with van der Waals surface area (Å²) in [6, 6.07) is 16.4. The fourth-order valence-corrected chi connectivity index (χ4v) is 5.57. The van der Waals surface area contributed by atoms with Gasteiger partial charge in [-0.3, -0.25) is 4.58 Å². The van der Waals surface area contributed by atoms with Crippen LogP contribution < -0.4 is 0 Å². The highest BCUT2D eigenvalue weighted by Crippen LogP contribution is 2.35. The molecule has 134 valence electrons. The Hall–Kier alpha value is -2.32. The van der Waals surface area contributed by atoms with E-state index in [0.29, 0.717) is 0 Å². The normalized spacial score (nSPS) is 15.0. The monoisotopic (exact) mass is 359 g/mol. The summed E-state index contributed by atoms with van der Waals surface area (Å²) in [4.78, 5) is 0. The van der Waals surface area contributed by atoms with Crippen molar-refractivity contribution in [3.63, 3.8) is 0 Å². The number of allylic oxidation sites excluding steroid dienone is 2. The Morgan fingerprint density at radius 3 is 2.19 bits per heavy atom. The number of rotatable bonds is 3. The molecule has 2 heteroatoms. The van der Waals surface area contributed by atoms with Crippen LogP contribution in [0.2, 0.25) is 19.6 Å². The topological polar surface area (TPSA) is 3.01 Å². The number of nitrogens with zero attached hydrogens (tertiary/aromatic N) is 1. The summed E-state index contributed by atoms with van der Waals surface area (Å²) in [5, 5.41) is 1.48. The van der Waals surface area contributed by atoms with Crippen LogP contribution in [0.4, 0.5) is 0 Å². The molecular formula is C24H29NSi. The molecule has 1 aliphatic rings. The molecule has 1 nitrogen and oxygen atoms in total. The molecule has 0 N–H and O–H groups in total. The van der Waals surface area contributed by atoms with Crippen molar-refractivity contribution >= 4 is 14.8 Å². The van der Waals surface area contributed by atoms with E-state index in [-0.39, 0.29) is 0 Å². The van der Waals surface area contributed by atoms with E-state index >= 15 is 0 Å². The third kappa shape index (κ3) is 3.47. The minimum atomic E-state index is -1.38. The standard InChI is InChI=1S/C24H29NSi/c1-17-13-18(2)22(15-21(17)20-11-9-8-10-12-20)23-14-19(3)24(16-25(23)4)26(5,6)7/h8-16H,4H2,1-3,5-7H3. The molecule has 0 saturated carbocycles. The van der Waals surface area contributed by atoms with E-state index in [1.54, 1.807) is 0 Å². The molecule has 0 unspecified atom stereocenters. The van der Waals surface area contributed by atoms with Crippen LogP contribution in [0.5, 0.6) is 0 Å². The fourth-order valence-electron chi connectivity index (χ4n) is 3.77. The second-order valence-corrected chi connectivity index (χ2v) is 13.4. The van der Waals surface area contributed by atoms with Gasteiger partial charge >= 0.3 is 0 Å². The lowest BCUT2D eigenvalue weighted by molar-refractivity contribution is -0.418. The van der Waals surface area contributed by atoms with Gasteiger partial charge in [-0.25, -0.2) is 0 Å². The third-order valence-electron chi connectivity index (χ3n) is 5.11. The zero-order chi connectivity index (χ0) is 19.1. The third-order valence-corrected chi connectivity index (χ3v) is 7.25. The van der Waals surface area contributed by atoms with Gasteiger partial charge in [0.25, 0.3) is 0 Å². The van der Waals surface area contributed by atoms with Crippen molar-refractivity contribution in [1.29, 1.82) is 0 Å². The van der Waals surface area contributed by atoms with Crippen molar-refractivity contribution in [2.75, 3.05) is 0 Å². The van der Waals surface area contributed by atoms with Crippen LogP contribution in [0.15, 0.2) is 65.5 Å². The zero-order valence-corrected chi connectivity index (χ0v) is 17.9. The molecule has 2 aromatic rings. The summed E-state index contributed by atoms with van der Waals surface area (Å²) in [5.41, 5.74) is 7.79. The maximum atomic E-state index is 4.32. The summed E-state index contributed by atoms with van der Waals surface area (Å²) >= 11 is 0. The number of hydrogen-bond acceptors (Lipinski definition) is 0. The van der Waals surface area contributed by atoms with Crippen molar-refractivity contribution in [3.05, 3.63) is 88.2 Å². The van der Waals surface area contributed by atoms with E-state index < -0.39 is 8.07 Å². The quantitative estimate of drug-likeness (QED) is 0.344. The van der Waals surface area contributed by atoms with E-state index in [2.05, 4.69) is 106 Å². The highest BCUT2D eigenvalue weighted by atomic mass is 28.3. The summed E-state index contributed by atoms with van der Waals surface area (Å²) in [5.74, 6) is 0. The summed E-state index contributed by atoms with van der Waals surface area (Å²) in [7, 11) is -1.38.